The molecule has 0 spiro atoms. The highest BCUT2D eigenvalue weighted by Crippen LogP contribution is 2.48. The highest BCUT2D eigenvalue weighted by Gasteiger charge is 2.41. The van der Waals surface area contributed by atoms with Gasteiger partial charge in [-0.15, -0.1) is 0 Å². The summed E-state index contributed by atoms with van der Waals surface area (Å²) >= 11 is 0. The van der Waals surface area contributed by atoms with Gasteiger partial charge in [-0.1, -0.05) is 6.92 Å². The molecule has 1 aliphatic carbocycles. The summed E-state index contributed by atoms with van der Waals surface area (Å²) in [5, 5.41) is 0. The molecule has 2 rings (SSSR count). The number of aromatic nitrogens is 1. The molecule has 1 aliphatic rings. The van der Waals surface area contributed by atoms with E-state index in [0.29, 0.717) is 6.54 Å². The molecule has 0 aliphatic heterocycles. The Morgan fingerprint density at radius 2 is 2.24 bits per heavy atom. The van der Waals surface area contributed by atoms with E-state index in [9.17, 15) is 8.42 Å². The number of rotatable bonds is 5. The van der Waals surface area contributed by atoms with Gasteiger partial charge in [-0.25, -0.2) is 18.1 Å². The number of hydrogen-bond acceptors (Lipinski definition) is 4. The summed E-state index contributed by atoms with van der Waals surface area (Å²) in [5.41, 5.74) is 5.66. The number of anilines is 1. The Bertz CT molecular complexity index is 509. The van der Waals surface area contributed by atoms with Gasteiger partial charge >= 0.3 is 0 Å². The summed E-state index contributed by atoms with van der Waals surface area (Å²) in [6.45, 7) is 2.60. The minimum atomic E-state index is -3.46. The Morgan fingerprint density at radius 3 is 2.76 bits per heavy atom. The maximum Gasteiger partial charge on any atom is 0.240 e. The van der Waals surface area contributed by atoms with Crippen LogP contribution in [-0.4, -0.2) is 19.9 Å². The van der Waals surface area contributed by atoms with Crippen molar-refractivity contribution < 1.29 is 8.42 Å². The van der Waals surface area contributed by atoms with Gasteiger partial charge in [0.15, 0.2) is 0 Å². The Hall–Kier alpha value is -1.14. The topological polar surface area (TPSA) is 85.1 Å². The monoisotopic (exact) mass is 255 g/mol. The number of sulfonamides is 1. The van der Waals surface area contributed by atoms with Crippen molar-refractivity contribution in [1.82, 2.24) is 9.71 Å². The van der Waals surface area contributed by atoms with Crippen LogP contribution in [0.15, 0.2) is 23.2 Å². The minimum absolute atomic E-state index is 0.178. The molecule has 1 aromatic rings. The Balaban J connectivity index is 2.09. The molecule has 3 N–H and O–H groups in total. The molecule has 0 amide bonds. The molecule has 5 nitrogen and oxygen atoms in total. The van der Waals surface area contributed by atoms with E-state index in [-0.39, 0.29) is 16.1 Å². The molecule has 0 saturated heterocycles. The van der Waals surface area contributed by atoms with Crippen LogP contribution in [0, 0.1) is 5.41 Å². The summed E-state index contributed by atoms with van der Waals surface area (Å²) in [5.74, 6) is 0.213. The first-order valence-corrected chi connectivity index (χ1v) is 7.17. The van der Waals surface area contributed by atoms with Gasteiger partial charge < -0.3 is 5.73 Å². The summed E-state index contributed by atoms with van der Waals surface area (Å²) in [4.78, 5) is 3.95. The molecule has 1 saturated carbocycles. The SMILES string of the molecule is CCC1(CNS(=O)(=O)c2ccnc(N)c2)CC1. The van der Waals surface area contributed by atoms with Crippen molar-refractivity contribution >= 4 is 15.8 Å². The molecule has 6 heteroatoms. The summed E-state index contributed by atoms with van der Waals surface area (Å²) in [6.07, 6.45) is 4.61. The Labute approximate surface area is 101 Å². The number of nitrogens with zero attached hydrogens (tertiary/aromatic N) is 1. The second kappa shape index (κ2) is 4.27. The van der Waals surface area contributed by atoms with Crippen LogP contribution in [0.5, 0.6) is 0 Å². The lowest BCUT2D eigenvalue weighted by Crippen LogP contribution is -2.30. The lowest BCUT2D eigenvalue weighted by molar-refractivity contribution is 0.475. The van der Waals surface area contributed by atoms with Crippen molar-refractivity contribution in [1.29, 1.82) is 0 Å². The van der Waals surface area contributed by atoms with Crippen LogP contribution in [-0.2, 0) is 10.0 Å². The largest absolute Gasteiger partial charge is 0.384 e. The van der Waals surface area contributed by atoms with E-state index < -0.39 is 10.0 Å². The van der Waals surface area contributed by atoms with Crippen molar-refractivity contribution in [3.05, 3.63) is 18.3 Å². The fourth-order valence-electron chi connectivity index (χ4n) is 1.76. The molecule has 0 bridgehead atoms. The Morgan fingerprint density at radius 1 is 1.53 bits per heavy atom. The van der Waals surface area contributed by atoms with Crippen LogP contribution >= 0.6 is 0 Å². The molecule has 0 atom stereocenters. The third-order valence-corrected chi connectivity index (χ3v) is 4.81. The third-order valence-electron chi connectivity index (χ3n) is 3.41. The van der Waals surface area contributed by atoms with Crippen LogP contribution in [0.1, 0.15) is 26.2 Å². The zero-order valence-electron chi connectivity index (χ0n) is 9.81. The van der Waals surface area contributed by atoms with E-state index in [4.69, 9.17) is 5.73 Å². The van der Waals surface area contributed by atoms with Gasteiger partial charge in [0, 0.05) is 18.8 Å². The smallest absolute Gasteiger partial charge is 0.240 e. The van der Waals surface area contributed by atoms with E-state index >= 15 is 0 Å². The number of pyridine rings is 1. The highest BCUT2D eigenvalue weighted by molar-refractivity contribution is 7.89. The van der Waals surface area contributed by atoms with Crippen LogP contribution in [0.4, 0.5) is 5.82 Å². The normalized spacial score (nSPS) is 17.9. The van der Waals surface area contributed by atoms with Crippen molar-refractivity contribution in [3.63, 3.8) is 0 Å². The molecule has 0 aromatic carbocycles. The lowest BCUT2D eigenvalue weighted by atomic mass is 10.1. The van der Waals surface area contributed by atoms with E-state index in [2.05, 4.69) is 16.6 Å². The van der Waals surface area contributed by atoms with Crippen LogP contribution in [0.2, 0.25) is 0 Å². The fourth-order valence-corrected chi connectivity index (χ4v) is 2.94. The average Bonchev–Trinajstić information content (AvgIpc) is 3.07. The average molecular weight is 255 g/mol. The molecule has 0 unspecified atom stereocenters. The Kier molecular flexibility index (Phi) is 3.09. The molecule has 1 heterocycles. The van der Waals surface area contributed by atoms with Gasteiger partial charge in [0.25, 0.3) is 0 Å². The number of nitrogens with one attached hydrogen (secondary N) is 1. The van der Waals surface area contributed by atoms with Crippen LogP contribution in [0.3, 0.4) is 0 Å². The van der Waals surface area contributed by atoms with E-state index in [1.807, 2.05) is 0 Å². The second-order valence-electron chi connectivity index (χ2n) is 4.59. The second-order valence-corrected chi connectivity index (χ2v) is 6.36. The van der Waals surface area contributed by atoms with E-state index in [1.54, 1.807) is 0 Å². The highest BCUT2D eigenvalue weighted by atomic mass is 32.2. The van der Waals surface area contributed by atoms with Crippen molar-refractivity contribution in [3.8, 4) is 0 Å². The van der Waals surface area contributed by atoms with Crippen LogP contribution < -0.4 is 10.5 Å². The van der Waals surface area contributed by atoms with Crippen molar-refractivity contribution in [2.75, 3.05) is 12.3 Å². The summed E-state index contributed by atoms with van der Waals surface area (Å²) < 4.78 is 26.6. The summed E-state index contributed by atoms with van der Waals surface area (Å²) in [7, 11) is -3.46. The predicted molar refractivity (Wildman–Crippen MR) is 65.8 cm³/mol. The maximum absolute atomic E-state index is 12.0. The predicted octanol–water partition coefficient (Wildman–Crippen LogP) is 1.13. The van der Waals surface area contributed by atoms with E-state index in [0.717, 1.165) is 19.3 Å². The first-order chi connectivity index (χ1) is 7.97. The van der Waals surface area contributed by atoms with Gasteiger partial charge in [0.1, 0.15) is 5.82 Å². The van der Waals surface area contributed by atoms with Crippen LogP contribution in [0.25, 0.3) is 0 Å². The standard InChI is InChI=1S/C11H17N3O2S/c1-2-11(4-5-11)8-14-17(15,16)9-3-6-13-10(12)7-9/h3,6-7,14H,2,4-5,8H2,1H3,(H2,12,13). The molecule has 94 valence electrons. The van der Waals surface area contributed by atoms with Gasteiger partial charge in [0.05, 0.1) is 4.90 Å². The van der Waals surface area contributed by atoms with Crippen molar-refractivity contribution in [2.45, 2.75) is 31.1 Å². The van der Waals surface area contributed by atoms with Crippen molar-refractivity contribution in [2.24, 2.45) is 5.41 Å². The number of nitrogens with two attached hydrogens (primary N) is 1. The van der Waals surface area contributed by atoms with Gasteiger partial charge in [-0.3, -0.25) is 0 Å². The quantitative estimate of drug-likeness (QED) is 0.826. The van der Waals surface area contributed by atoms with E-state index in [1.165, 1.54) is 18.3 Å². The fraction of sp³-hybridized carbons (Fsp3) is 0.545. The van der Waals surface area contributed by atoms with Gasteiger partial charge in [0.2, 0.25) is 10.0 Å². The summed E-state index contributed by atoms with van der Waals surface area (Å²) in [6, 6.07) is 2.82. The lowest BCUT2D eigenvalue weighted by Gasteiger charge is -2.13. The van der Waals surface area contributed by atoms with Gasteiger partial charge in [-0.2, -0.15) is 0 Å². The maximum atomic E-state index is 12.0. The molecule has 0 radical (unpaired) electrons. The number of hydrogen-bond donors (Lipinski definition) is 2. The number of nitrogen functional groups attached to an aromatic ring is 1. The first kappa shape index (κ1) is 12.3. The first-order valence-electron chi connectivity index (χ1n) is 5.69. The zero-order chi connectivity index (χ0) is 12.5. The molecular weight excluding hydrogens is 238 g/mol. The molecule has 17 heavy (non-hydrogen) atoms. The molecular formula is C11H17N3O2S. The molecule has 1 aromatic heterocycles. The molecule has 1 fully saturated rings. The van der Waals surface area contributed by atoms with Gasteiger partial charge in [-0.05, 0) is 30.7 Å². The minimum Gasteiger partial charge on any atom is -0.384 e. The third kappa shape index (κ3) is 2.76. The zero-order valence-corrected chi connectivity index (χ0v) is 10.6.